The van der Waals surface area contributed by atoms with Crippen LogP contribution in [0.15, 0.2) is 21.9 Å². The van der Waals surface area contributed by atoms with Crippen LogP contribution in [0.3, 0.4) is 0 Å². The van der Waals surface area contributed by atoms with Crippen LogP contribution in [0.5, 0.6) is 0 Å². The predicted octanol–water partition coefficient (Wildman–Crippen LogP) is 1.30. The lowest BCUT2D eigenvalue weighted by atomic mass is 10.5. The Kier molecular flexibility index (Phi) is 3.35. The van der Waals surface area contributed by atoms with Gasteiger partial charge < -0.3 is 10.3 Å². The molecule has 6 nitrogen and oxygen atoms in total. The van der Waals surface area contributed by atoms with Gasteiger partial charge in [0.1, 0.15) is 5.03 Å². The first-order chi connectivity index (χ1) is 7.79. The molecule has 7 heteroatoms. The van der Waals surface area contributed by atoms with Crippen LogP contribution in [-0.4, -0.2) is 20.1 Å². The van der Waals surface area contributed by atoms with Gasteiger partial charge in [-0.2, -0.15) is 4.98 Å². The summed E-state index contributed by atoms with van der Waals surface area (Å²) in [7, 11) is 0. The van der Waals surface area contributed by atoms with Crippen LogP contribution in [0, 0.1) is 0 Å². The fraction of sp³-hybridized carbons (Fsp3) is 0.333. The number of nitrogen functional groups attached to an aromatic ring is 1. The summed E-state index contributed by atoms with van der Waals surface area (Å²) in [6.45, 7) is 1.96. The minimum absolute atomic E-state index is 0.423. The zero-order valence-electron chi connectivity index (χ0n) is 8.75. The van der Waals surface area contributed by atoms with Crippen LogP contribution in [-0.2, 0) is 12.2 Å². The standard InChI is InChI=1S/C9H11N5OS/c1-2-7-13-6(14-15-7)5-16-9-8(10)11-3-4-12-9/h3-4H,2,5H2,1H3,(H2,10,11). The number of anilines is 1. The Bertz CT molecular complexity index is 472. The highest BCUT2D eigenvalue weighted by Gasteiger charge is 2.07. The lowest BCUT2D eigenvalue weighted by molar-refractivity contribution is 0.378. The van der Waals surface area contributed by atoms with Crippen molar-refractivity contribution in [3.8, 4) is 0 Å². The third-order valence-corrected chi connectivity index (χ3v) is 2.83. The van der Waals surface area contributed by atoms with Gasteiger partial charge in [0, 0.05) is 18.8 Å². The van der Waals surface area contributed by atoms with Crippen LogP contribution in [0.2, 0.25) is 0 Å². The van der Waals surface area contributed by atoms with Gasteiger partial charge in [-0.3, -0.25) is 0 Å². The average molecular weight is 237 g/mol. The second kappa shape index (κ2) is 4.93. The first-order valence-electron chi connectivity index (χ1n) is 4.80. The molecular weight excluding hydrogens is 226 g/mol. The smallest absolute Gasteiger partial charge is 0.226 e. The zero-order chi connectivity index (χ0) is 11.4. The highest BCUT2D eigenvalue weighted by molar-refractivity contribution is 7.98. The van der Waals surface area contributed by atoms with E-state index in [1.807, 2.05) is 6.92 Å². The molecule has 2 aromatic rings. The second-order valence-corrected chi connectivity index (χ2v) is 3.96. The first kappa shape index (κ1) is 10.9. The van der Waals surface area contributed by atoms with Gasteiger partial charge in [0.25, 0.3) is 0 Å². The van der Waals surface area contributed by atoms with Crippen molar-refractivity contribution in [2.75, 3.05) is 5.73 Å². The molecular formula is C9H11N5OS. The largest absolute Gasteiger partial charge is 0.381 e. The summed E-state index contributed by atoms with van der Waals surface area (Å²) in [5.41, 5.74) is 5.66. The lowest BCUT2D eigenvalue weighted by Gasteiger charge is -1.99. The van der Waals surface area contributed by atoms with Gasteiger partial charge in [0.15, 0.2) is 11.6 Å². The molecule has 16 heavy (non-hydrogen) atoms. The number of nitrogens with zero attached hydrogens (tertiary/aromatic N) is 4. The van der Waals surface area contributed by atoms with Crippen LogP contribution in [0.1, 0.15) is 18.6 Å². The van der Waals surface area contributed by atoms with Crippen LogP contribution in [0.25, 0.3) is 0 Å². The van der Waals surface area contributed by atoms with Crippen molar-refractivity contribution in [2.24, 2.45) is 0 Å². The zero-order valence-corrected chi connectivity index (χ0v) is 9.57. The van der Waals surface area contributed by atoms with Crippen molar-refractivity contribution in [2.45, 2.75) is 24.1 Å². The van der Waals surface area contributed by atoms with E-state index in [0.29, 0.717) is 28.3 Å². The molecule has 0 spiro atoms. The summed E-state index contributed by atoms with van der Waals surface area (Å²) >= 11 is 1.44. The summed E-state index contributed by atoms with van der Waals surface area (Å²) in [5.74, 6) is 2.29. The topological polar surface area (TPSA) is 90.7 Å². The summed E-state index contributed by atoms with van der Waals surface area (Å²) in [4.78, 5) is 12.2. The van der Waals surface area contributed by atoms with E-state index in [9.17, 15) is 0 Å². The fourth-order valence-electron chi connectivity index (χ4n) is 1.07. The molecule has 0 fully saturated rings. The van der Waals surface area contributed by atoms with E-state index >= 15 is 0 Å². The Hall–Kier alpha value is -1.63. The Morgan fingerprint density at radius 1 is 1.38 bits per heavy atom. The number of aryl methyl sites for hydroxylation is 1. The summed E-state index contributed by atoms with van der Waals surface area (Å²) in [5, 5.41) is 4.52. The van der Waals surface area contributed by atoms with E-state index < -0.39 is 0 Å². The Morgan fingerprint density at radius 2 is 2.19 bits per heavy atom. The molecule has 0 aromatic carbocycles. The number of nitrogens with two attached hydrogens (primary N) is 1. The number of rotatable bonds is 4. The van der Waals surface area contributed by atoms with Crippen LogP contribution < -0.4 is 5.73 Å². The monoisotopic (exact) mass is 237 g/mol. The first-order valence-corrected chi connectivity index (χ1v) is 5.79. The van der Waals surface area contributed by atoms with Gasteiger partial charge >= 0.3 is 0 Å². The third kappa shape index (κ3) is 2.48. The van der Waals surface area contributed by atoms with Gasteiger partial charge in [-0.05, 0) is 0 Å². The molecule has 2 rings (SSSR count). The summed E-state index contributed by atoms with van der Waals surface area (Å²) in [6, 6.07) is 0. The Labute approximate surface area is 96.7 Å². The molecule has 0 radical (unpaired) electrons. The van der Waals surface area contributed by atoms with E-state index in [0.717, 1.165) is 6.42 Å². The predicted molar refractivity (Wildman–Crippen MR) is 59.7 cm³/mol. The van der Waals surface area contributed by atoms with Gasteiger partial charge in [0.2, 0.25) is 5.89 Å². The van der Waals surface area contributed by atoms with Crippen molar-refractivity contribution < 1.29 is 4.52 Å². The van der Waals surface area contributed by atoms with Crippen LogP contribution in [0.4, 0.5) is 5.82 Å². The molecule has 0 aliphatic heterocycles. The molecule has 0 aliphatic rings. The molecule has 0 saturated carbocycles. The van der Waals surface area contributed by atoms with Crippen molar-refractivity contribution in [3.05, 3.63) is 24.1 Å². The molecule has 84 valence electrons. The van der Waals surface area contributed by atoms with Crippen molar-refractivity contribution in [3.63, 3.8) is 0 Å². The number of hydrogen-bond donors (Lipinski definition) is 1. The summed E-state index contributed by atoms with van der Waals surface area (Å²) in [6.07, 6.45) is 3.90. The Morgan fingerprint density at radius 3 is 2.88 bits per heavy atom. The summed E-state index contributed by atoms with van der Waals surface area (Å²) < 4.78 is 4.99. The maximum atomic E-state index is 5.66. The molecule has 0 atom stereocenters. The quantitative estimate of drug-likeness (QED) is 0.801. The average Bonchev–Trinajstić information content (AvgIpc) is 2.76. The van der Waals surface area contributed by atoms with Gasteiger partial charge in [-0.15, -0.1) is 0 Å². The highest BCUT2D eigenvalue weighted by atomic mass is 32.2. The molecule has 2 N–H and O–H groups in total. The SMILES string of the molecule is CCc1nc(CSc2nccnc2N)no1. The van der Waals surface area contributed by atoms with Gasteiger partial charge in [-0.25, -0.2) is 9.97 Å². The van der Waals surface area contributed by atoms with E-state index in [-0.39, 0.29) is 0 Å². The van der Waals surface area contributed by atoms with Gasteiger partial charge in [0.05, 0.1) is 5.75 Å². The lowest BCUT2D eigenvalue weighted by Crippen LogP contribution is -1.95. The maximum Gasteiger partial charge on any atom is 0.226 e. The Balaban J connectivity index is 1.99. The molecule has 0 amide bonds. The third-order valence-electron chi connectivity index (χ3n) is 1.84. The van der Waals surface area contributed by atoms with Crippen LogP contribution >= 0.6 is 11.8 Å². The van der Waals surface area contributed by atoms with E-state index in [4.69, 9.17) is 10.3 Å². The van der Waals surface area contributed by atoms with E-state index in [2.05, 4.69) is 20.1 Å². The van der Waals surface area contributed by atoms with Crippen molar-refractivity contribution >= 4 is 17.6 Å². The van der Waals surface area contributed by atoms with Crippen molar-refractivity contribution in [1.29, 1.82) is 0 Å². The normalized spacial score (nSPS) is 10.6. The van der Waals surface area contributed by atoms with Gasteiger partial charge in [-0.1, -0.05) is 23.8 Å². The molecule has 0 aliphatic carbocycles. The maximum absolute atomic E-state index is 5.66. The minimum Gasteiger partial charge on any atom is -0.381 e. The fourth-order valence-corrected chi connectivity index (χ4v) is 1.79. The van der Waals surface area contributed by atoms with E-state index in [1.54, 1.807) is 12.4 Å². The number of hydrogen-bond acceptors (Lipinski definition) is 7. The molecule has 2 heterocycles. The minimum atomic E-state index is 0.423. The van der Waals surface area contributed by atoms with Crippen molar-refractivity contribution in [1.82, 2.24) is 20.1 Å². The molecule has 0 bridgehead atoms. The molecule has 2 aromatic heterocycles. The molecule has 0 saturated heterocycles. The highest BCUT2D eigenvalue weighted by Crippen LogP contribution is 2.22. The molecule has 0 unspecified atom stereocenters. The number of thioether (sulfide) groups is 1. The second-order valence-electron chi connectivity index (χ2n) is 2.99. The van der Waals surface area contributed by atoms with E-state index in [1.165, 1.54) is 11.8 Å². The number of aromatic nitrogens is 4.